The normalized spacial score (nSPS) is 12.3. The van der Waals surface area contributed by atoms with Crippen LogP contribution in [-0.4, -0.2) is 6.04 Å². The van der Waals surface area contributed by atoms with Crippen LogP contribution < -0.4 is 10.1 Å². The second kappa shape index (κ2) is 8.77. The van der Waals surface area contributed by atoms with Crippen LogP contribution in [0.25, 0.3) is 10.8 Å². The third-order valence-corrected chi connectivity index (χ3v) is 5.35. The summed E-state index contributed by atoms with van der Waals surface area (Å²) in [5.41, 5.74) is 2.18. The van der Waals surface area contributed by atoms with E-state index in [9.17, 15) is 0 Å². The molecule has 3 rings (SSSR count). The van der Waals surface area contributed by atoms with Crippen molar-refractivity contribution < 1.29 is 4.74 Å². The molecule has 26 heavy (non-hydrogen) atoms. The zero-order valence-electron chi connectivity index (χ0n) is 15.1. The number of halogens is 2. The summed E-state index contributed by atoms with van der Waals surface area (Å²) in [6, 6.07) is 18.6. The number of ether oxygens (including phenoxy) is 1. The van der Waals surface area contributed by atoms with Gasteiger partial charge in [-0.05, 0) is 47.9 Å². The predicted molar refractivity (Wildman–Crippen MR) is 111 cm³/mol. The first-order valence-electron chi connectivity index (χ1n) is 8.89. The van der Waals surface area contributed by atoms with E-state index in [4.69, 9.17) is 27.9 Å². The summed E-state index contributed by atoms with van der Waals surface area (Å²) in [6.45, 7) is 5.60. The van der Waals surface area contributed by atoms with Crippen LogP contribution in [0.1, 0.15) is 31.4 Å². The van der Waals surface area contributed by atoms with E-state index in [0.29, 0.717) is 22.7 Å². The molecule has 3 aromatic rings. The highest BCUT2D eigenvalue weighted by Crippen LogP contribution is 2.29. The summed E-state index contributed by atoms with van der Waals surface area (Å²) >= 11 is 12.1. The number of hydrogen-bond acceptors (Lipinski definition) is 2. The Kier molecular flexibility index (Phi) is 6.42. The van der Waals surface area contributed by atoms with Crippen molar-refractivity contribution in [2.75, 3.05) is 0 Å². The van der Waals surface area contributed by atoms with Gasteiger partial charge in [0.2, 0.25) is 0 Å². The van der Waals surface area contributed by atoms with Gasteiger partial charge in [0.25, 0.3) is 0 Å². The minimum Gasteiger partial charge on any atom is -0.489 e. The lowest BCUT2D eigenvalue weighted by Crippen LogP contribution is -2.24. The number of rotatable bonds is 7. The van der Waals surface area contributed by atoms with Crippen molar-refractivity contribution in [2.24, 2.45) is 0 Å². The molecule has 0 aromatic heterocycles. The summed E-state index contributed by atoms with van der Waals surface area (Å²) in [7, 11) is 0. The molecule has 136 valence electrons. The van der Waals surface area contributed by atoms with Gasteiger partial charge in [0.15, 0.2) is 0 Å². The van der Waals surface area contributed by atoms with E-state index in [1.807, 2.05) is 18.2 Å². The first kappa shape index (κ1) is 19.0. The average molecular weight is 388 g/mol. The van der Waals surface area contributed by atoms with Gasteiger partial charge in [-0.25, -0.2) is 0 Å². The fourth-order valence-electron chi connectivity index (χ4n) is 2.84. The Bertz CT molecular complexity index is 894. The van der Waals surface area contributed by atoms with Crippen LogP contribution in [0.15, 0.2) is 54.6 Å². The SMILES string of the molecule is CCC(C)NCc1c(OCc2ccc(Cl)c(Cl)c2)ccc2ccccc12. The molecular formula is C22H23Cl2NO. The molecular weight excluding hydrogens is 365 g/mol. The zero-order valence-corrected chi connectivity index (χ0v) is 16.6. The Morgan fingerprint density at radius 3 is 2.58 bits per heavy atom. The summed E-state index contributed by atoms with van der Waals surface area (Å²) < 4.78 is 6.15. The highest BCUT2D eigenvalue weighted by Gasteiger charge is 2.11. The zero-order chi connectivity index (χ0) is 18.5. The molecule has 0 aliphatic carbocycles. The quantitative estimate of drug-likeness (QED) is 0.491. The van der Waals surface area contributed by atoms with E-state index in [1.54, 1.807) is 6.07 Å². The minimum absolute atomic E-state index is 0.450. The molecule has 0 bridgehead atoms. The molecule has 0 heterocycles. The van der Waals surface area contributed by atoms with Gasteiger partial charge in [-0.2, -0.15) is 0 Å². The monoisotopic (exact) mass is 387 g/mol. The molecule has 3 aromatic carbocycles. The van der Waals surface area contributed by atoms with Crippen molar-refractivity contribution in [2.45, 2.75) is 39.5 Å². The Balaban J connectivity index is 1.87. The fraction of sp³-hybridized carbons (Fsp3) is 0.273. The van der Waals surface area contributed by atoms with Crippen molar-refractivity contribution >= 4 is 34.0 Å². The molecule has 4 heteroatoms. The Labute approximate surface area is 165 Å². The Morgan fingerprint density at radius 2 is 1.81 bits per heavy atom. The predicted octanol–water partition coefficient (Wildman–Crippen LogP) is 6.61. The Hall–Kier alpha value is -1.74. The highest BCUT2D eigenvalue weighted by atomic mass is 35.5. The lowest BCUT2D eigenvalue weighted by atomic mass is 10.0. The molecule has 0 fully saturated rings. The topological polar surface area (TPSA) is 21.3 Å². The van der Waals surface area contributed by atoms with E-state index in [-0.39, 0.29) is 0 Å². The number of fused-ring (bicyclic) bond motifs is 1. The van der Waals surface area contributed by atoms with Crippen LogP contribution in [-0.2, 0) is 13.2 Å². The van der Waals surface area contributed by atoms with Gasteiger partial charge in [-0.15, -0.1) is 0 Å². The fourth-order valence-corrected chi connectivity index (χ4v) is 3.17. The molecule has 1 atom stereocenters. The lowest BCUT2D eigenvalue weighted by molar-refractivity contribution is 0.302. The molecule has 0 saturated heterocycles. The van der Waals surface area contributed by atoms with E-state index in [2.05, 4.69) is 49.5 Å². The van der Waals surface area contributed by atoms with E-state index in [0.717, 1.165) is 24.3 Å². The van der Waals surface area contributed by atoms with Crippen LogP contribution in [0.5, 0.6) is 5.75 Å². The molecule has 0 radical (unpaired) electrons. The molecule has 0 saturated carbocycles. The summed E-state index contributed by atoms with van der Waals surface area (Å²) in [4.78, 5) is 0. The van der Waals surface area contributed by atoms with Crippen LogP contribution >= 0.6 is 23.2 Å². The second-order valence-electron chi connectivity index (χ2n) is 6.49. The Morgan fingerprint density at radius 1 is 1.00 bits per heavy atom. The van der Waals surface area contributed by atoms with E-state index in [1.165, 1.54) is 16.3 Å². The average Bonchev–Trinajstić information content (AvgIpc) is 2.67. The van der Waals surface area contributed by atoms with E-state index < -0.39 is 0 Å². The van der Waals surface area contributed by atoms with Crippen molar-refractivity contribution in [3.05, 3.63) is 75.8 Å². The van der Waals surface area contributed by atoms with Gasteiger partial charge < -0.3 is 10.1 Å². The maximum atomic E-state index is 6.15. The van der Waals surface area contributed by atoms with Crippen LogP contribution in [0.2, 0.25) is 10.0 Å². The van der Waals surface area contributed by atoms with Gasteiger partial charge in [0.1, 0.15) is 12.4 Å². The van der Waals surface area contributed by atoms with Gasteiger partial charge in [0.05, 0.1) is 10.0 Å². The third kappa shape index (κ3) is 4.50. The van der Waals surface area contributed by atoms with Crippen molar-refractivity contribution in [1.82, 2.24) is 5.32 Å². The largest absolute Gasteiger partial charge is 0.489 e. The minimum atomic E-state index is 0.450. The smallest absolute Gasteiger partial charge is 0.124 e. The first-order chi connectivity index (χ1) is 12.6. The molecule has 0 aliphatic heterocycles. The molecule has 0 spiro atoms. The summed E-state index contributed by atoms with van der Waals surface area (Å²) in [6.07, 6.45) is 1.09. The second-order valence-corrected chi connectivity index (χ2v) is 7.31. The molecule has 0 aliphatic rings. The van der Waals surface area contributed by atoms with Gasteiger partial charge >= 0.3 is 0 Å². The molecule has 2 nitrogen and oxygen atoms in total. The van der Waals surface area contributed by atoms with Crippen LogP contribution in [0.4, 0.5) is 0 Å². The standard InChI is InChI=1S/C22H23Cl2NO/c1-3-15(2)25-13-19-18-7-5-4-6-17(18)9-11-22(19)26-14-16-8-10-20(23)21(24)12-16/h4-12,15,25H,3,13-14H2,1-2H3. The molecule has 1 unspecified atom stereocenters. The lowest BCUT2D eigenvalue weighted by Gasteiger charge is -2.17. The maximum absolute atomic E-state index is 6.15. The highest BCUT2D eigenvalue weighted by molar-refractivity contribution is 6.42. The number of hydrogen-bond donors (Lipinski definition) is 1. The van der Waals surface area contributed by atoms with Crippen molar-refractivity contribution in [3.63, 3.8) is 0 Å². The third-order valence-electron chi connectivity index (χ3n) is 4.62. The van der Waals surface area contributed by atoms with Gasteiger partial charge in [-0.3, -0.25) is 0 Å². The van der Waals surface area contributed by atoms with Crippen LogP contribution in [0, 0.1) is 0 Å². The number of nitrogens with one attached hydrogen (secondary N) is 1. The van der Waals surface area contributed by atoms with Crippen LogP contribution in [0.3, 0.4) is 0 Å². The summed E-state index contributed by atoms with van der Waals surface area (Å²) in [5.74, 6) is 0.894. The van der Waals surface area contributed by atoms with Gasteiger partial charge in [0, 0.05) is 18.2 Å². The first-order valence-corrected chi connectivity index (χ1v) is 9.64. The molecule has 0 amide bonds. The maximum Gasteiger partial charge on any atom is 0.124 e. The van der Waals surface area contributed by atoms with Gasteiger partial charge in [-0.1, -0.05) is 66.5 Å². The summed E-state index contributed by atoms with van der Waals surface area (Å²) in [5, 5.41) is 7.11. The van der Waals surface area contributed by atoms with Crippen molar-refractivity contribution in [1.29, 1.82) is 0 Å². The van der Waals surface area contributed by atoms with E-state index >= 15 is 0 Å². The van der Waals surface area contributed by atoms with Crippen molar-refractivity contribution in [3.8, 4) is 5.75 Å². The molecule has 1 N–H and O–H groups in total. The number of benzene rings is 3.